The Balaban J connectivity index is 4.54. The lowest BCUT2D eigenvalue weighted by molar-refractivity contribution is -0.0289. The first-order valence-corrected chi connectivity index (χ1v) is 6.31. The highest BCUT2D eigenvalue weighted by Gasteiger charge is 2.33. The number of ether oxygens (including phenoxy) is 1. The van der Waals surface area contributed by atoms with Crippen LogP contribution in [-0.2, 0) is 4.74 Å². The van der Waals surface area contributed by atoms with Crippen LogP contribution >= 0.6 is 0 Å². The average molecular weight is 215 g/mol. The fourth-order valence-electron chi connectivity index (χ4n) is 2.17. The number of rotatable bonds is 8. The van der Waals surface area contributed by atoms with E-state index in [9.17, 15) is 0 Å². The van der Waals surface area contributed by atoms with Crippen LogP contribution in [0.2, 0.25) is 0 Å². The largest absolute Gasteiger partial charge is 0.377 e. The molecule has 0 heterocycles. The van der Waals surface area contributed by atoms with Gasteiger partial charge >= 0.3 is 0 Å². The van der Waals surface area contributed by atoms with E-state index in [1.165, 1.54) is 19.3 Å². The molecule has 0 amide bonds. The first-order valence-electron chi connectivity index (χ1n) is 6.31. The van der Waals surface area contributed by atoms with E-state index in [1.54, 1.807) is 0 Å². The Kier molecular flexibility index (Phi) is 7.20. The van der Waals surface area contributed by atoms with E-state index in [0.29, 0.717) is 12.0 Å². The normalized spacial score (nSPS) is 14.6. The van der Waals surface area contributed by atoms with E-state index in [2.05, 4.69) is 39.9 Å². The Labute approximate surface area is 95.8 Å². The molecule has 2 nitrogen and oxygen atoms in total. The van der Waals surface area contributed by atoms with Crippen LogP contribution < -0.4 is 5.32 Å². The molecule has 0 aliphatic heterocycles. The maximum Gasteiger partial charge on any atom is 0.0777 e. The van der Waals surface area contributed by atoms with Crippen molar-refractivity contribution in [3.8, 4) is 0 Å². The molecule has 0 spiro atoms. The summed E-state index contributed by atoms with van der Waals surface area (Å²) in [7, 11) is 1.81. The maximum atomic E-state index is 5.62. The molecule has 1 unspecified atom stereocenters. The molecule has 0 aliphatic rings. The van der Waals surface area contributed by atoms with Gasteiger partial charge in [0, 0.05) is 13.2 Å². The third-order valence-electron chi connectivity index (χ3n) is 3.41. The Hall–Kier alpha value is -0.0800. The predicted octanol–water partition coefficient (Wildman–Crippen LogP) is 3.22. The molecule has 0 saturated carbocycles. The number of nitrogens with one attached hydrogen (secondary N) is 1. The van der Waals surface area contributed by atoms with Crippen LogP contribution in [0.4, 0.5) is 0 Å². The molecular formula is C13H29NO. The first-order chi connectivity index (χ1) is 7.03. The summed E-state index contributed by atoms with van der Waals surface area (Å²) in [4.78, 5) is 0. The fraction of sp³-hybridized carbons (Fsp3) is 1.00. The highest BCUT2D eigenvalue weighted by Crippen LogP contribution is 2.25. The highest BCUT2D eigenvalue weighted by molar-refractivity contribution is 4.89. The van der Waals surface area contributed by atoms with Crippen molar-refractivity contribution in [3.63, 3.8) is 0 Å². The summed E-state index contributed by atoms with van der Waals surface area (Å²) in [5, 5.41) is 3.64. The van der Waals surface area contributed by atoms with Crippen LogP contribution in [0.25, 0.3) is 0 Å². The standard InChI is InChI=1S/C13H29NO/c1-7-10-14-12(11(8-2)9-3)13(4,5)15-6/h11-12,14H,7-10H2,1-6H3. The topological polar surface area (TPSA) is 21.3 Å². The van der Waals surface area contributed by atoms with Crippen LogP contribution in [0.1, 0.15) is 53.9 Å². The van der Waals surface area contributed by atoms with E-state index >= 15 is 0 Å². The van der Waals surface area contributed by atoms with E-state index < -0.39 is 0 Å². The molecule has 0 aromatic heterocycles. The molecule has 0 aromatic carbocycles. The van der Waals surface area contributed by atoms with Gasteiger partial charge in [0.25, 0.3) is 0 Å². The van der Waals surface area contributed by atoms with Gasteiger partial charge in [0.2, 0.25) is 0 Å². The molecule has 92 valence electrons. The summed E-state index contributed by atoms with van der Waals surface area (Å²) < 4.78 is 5.62. The fourth-order valence-corrected chi connectivity index (χ4v) is 2.17. The molecule has 0 rings (SSSR count). The summed E-state index contributed by atoms with van der Waals surface area (Å²) in [6.45, 7) is 12.2. The minimum atomic E-state index is -0.0775. The van der Waals surface area contributed by atoms with Crippen molar-refractivity contribution >= 4 is 0 Å². The van der Waals surface area contributed by atoms with E-state index in [4.69, 9.17) is 4.74 Å². The Bertz CT molecular complexity index is 153. The van der Waals surface area contributed by atoms with Gasteiger partial charge in [0.1, 0.15) is 0 Å². The van der Waals surface area contributed by atoms with Crippen LogP contribution in [0, 0.1) is 5.92 Å². The van der Waals surface area contributed by atoms with E-state index in [0.717, 1.165) is 6.54 Å². The van der Waals surface area contributed by atoms with Gasteiger partial charge in [-0.1, -0.05) is 33.6 Å². The Morgan fingerprint density at radius 3 is 2.00 bits per heavy atom. The van der Waals surface area contributed by atoms with Crippen molar-refractivity contribution in [2.45, 2.75) is 65.5 Å². The Morgan fingerprint density at radius 1 is 1.13 bits per heavy atom. The lowest BCUT2D eigenvalue weighted by Crippen LogP contribution is -2.52. The van der Waals surface area contributed by atoms with Gasteiger partial charge in [0.15, 0.2) is 0 Å². The lowest BCUT2D eigenvalue weighted by atomic mass is 9.83. The molecule has 0 radical (unpaired) electrons. The third-order valence-corrected chi connectivity index (χ3v) is 3.41. The predicted molar refractivity (Wildman–Crippen MR) is 67.2 cm³/mol. The zero-order valence-electron chi connectivity index (χ0n) is 11.4. The van der Waals surface area contributed by atoms with Crippen molar-refractivity contribution in [2.24, 2.45) is 5.92 Å². The van der Waals surface area contributed by atoms with Crippen LogP contribution in [0.3, 0.4) is 0 Å². The second-order valence-electron chi connectivity index (χ2n) is 4.82. The van der Waals surface area contributed by atoms with Crippen molar-refractivity contribution in [1.29, 1.82) is 0 Å². The van der Waals surface area contributed by atoms with Crippen molar-refractivity contribution in [3.05, 3.63) is 0 Å². The van der Waals surface area contributed by atoms with Crippen molar-refractivity contribution in [2.75, 3.05) is 13.7 Å². The van der Waals surface area contributed by atoms with Gasteiger partial charge in [-0.05, 0) is 32.7 Å². The van der Waals surface area contributed by atoms with Crippen LogP contribution in [0.15, 0.2) is 0 Å². The number of methoxy groups -OCH3 is 1. The molecule has 15 heavy (non-hydrogen) atoms. The molecule has 0 fully saturated rings. The van der Waals surface area contributed by atoms with Gasteiger partial charge in [0.05, 0.1) is 5.60 Å². The van der Waals surface area contributed by atoms with E-state index in [-0.39, 0.29) is 5.60 Å². The second-order valence-corrected chi connectivity index (χ2v) is 4.82. The van der Waals surface area contributed by atoms with Crippen molar-refractivity contribution in [1.82, 2.24) is 5.32 Å². The number of hydrogen-bond acceptors (Lipinski definition) is 2. The lowest BCUT2D eigenvalue weighted by Gasteiger charge is -2.39. The SMILES string of the molecule is CCCNC(C(CC)CC)C(C)(C)OC. The minimum Gasteiger partial charge on any atom is -0.377 e. The third kappa shape index (κ3) is 4.52. The van der Waals surface area contributed by atoms with Gasteiger partial charge in [-0.3, -0.25) is 0 Å². The summed E-state index contributed by atoms with van der Waals surface area (Å²) in [6.07, 6.45) is 3.60. The second kappa shape index (κ2) is 7.24. The smallest absolute Gasteiger partial charge is 0.0777 e. The molecule has 2 heteroatoms. The summed E-state index contributed by atoms with van der Waals surface area (Å²) in [5.41, 5.74) is -0.0775. The quantitative estimate of drug-likeness (QED) is 0.671. The molecular weight excluding hydrogens is 186 g/mol. The summed E-state index contributed by atoms with van der Waals surface area (Å²) in [6, 6.07) is 0.456. The molecule has 0 aromatic rings. The molecule has 0 bridgehead atoms. The van der Waals surface area contributed by atoms with Crippen molar-refractivity contribution < 1.29 is 4.74 Å². The summed E-state index contributed by atoms with van der Waals surface area (Å²) >= 11 is 0. The first kappa shape index (κ1) is 14.9. The molecule has 0 saturated heterocycles. The minimum absolute atomic E-state index is 0.0775. The van der Waals surface area contributed by atoms with Gasteiger partial charge in [-0.25, -0.2) is 0 Å². The van der Waals surface area contributed by atoms with Gasteiger partial charge in [-0.2, -0.15) is 0 Å². The monoisotopic (exact) mass is 215 g/mol. The highest BCUT2D eigenvalue weighted by atomic mass is 16.5. The average Bonchev–Trinajstić information content (AvgIpc) is 2.24. The summed E-state index contributed by atoms with van der Waals surface area (Å²) in [5.74, 6) is 0.700. The zero-order chi connectivity index (χ0) is 11.9. The maximum absolute atomic E-state index is 5.62. The van der Waals surface area contributed by atoms with Gasteiger partial charge in [-0.15, -0.1) is 0 Å². The Morgan fingerprint density at radius 2 is 1.67 bits per heavy atom. The molecule has 0 aliphatic carbocycles. The van der Waals surface area contributed by atoms with Crippen LogP contribution in [-0.4, -0.2) is 25.3 Å². The van der Waals surface area contributed by atoms with Crippen LogP contribution in [0.5, 0.6) is 0 Å². The zero-order valence-corrected chi connectivity index (χ0v) is 11.4. The van der Waals surface area contributed by atoms with Gasteiger partial charge < -0.3 is 10.1 Å². The molecule has 1 N–H and O–H groups in total. The number of hydrogen-bond donors (Lipinski definition) is 1. The van der Waals surface area contributed by atoms with E-state index in [1.807, 2.05) is 7.11 Å². The molecule has 1 atom stereocenters.